The van der Waals surface area contributed by atoms with Gasteiger partial charge in [-0.05, 0) is 37.6 Å². The monoisotopic (exact) mass is 247 g/mol. The van der Waals surface area contributed by atoms with Crippen LogP contribution in [0.5, 0.6) is 0 Å². The Labute approximate surface area is 106 Å². The van der Waals surface area contributed by atoms with E-state index in [2.05, 4.69) is 10.2 Å². The van der Waals surface area contributed by atoms with Gasteiger partial charge in [-0.15, -0.1) is 12.4 Å². The second-order valence-corrected chi connectivity index (χ2v) is 5.18. The number of hydrogen-bond acceptors (Lipinski definition) is 3. The van der Waals surface area contributed by atoms with Crippen LogP contribution in [0.3, 0.4) is 0 Å². The number of nitrogens with two attached hydrogens (primary N) is 1. The van der Waals surface area contributed by atoms with E-state index >= 15 is 0 Å². The smallest absolute Gasteiger partial charge is 0.0107 e. The minimum atomic E-state index is 0. The van der Waals surface area contributed by atoms with Crippen LogP contribution in [0.2, 0.25) is 0 Å². The van der Waals surface area contributed by atoms with Crippen LogP contribution in [0.25, 0.3) is 0 Å². The van der Waals surface area contributed by atoms with Crippen molar-refractivity contribution in [3.63, 3.8) is 0 Å². The van der Waals surface area contributed by atoms with Crippen LogP contribution in [0, 0.1) is 11.8 Å². The minimum Gasteiger partial charge on any atom is -0.330 e. The van der Waals surface area contributed by atoms with Crippen molar-refractivity contribution in [3.05, 3.63) is 0 Å². The van der Waals surface area contributed by atoms with Crippen molar-refractivity contribution in [3.8, 4) is 0 Å². The van der Waals surface area contributed by atoms with Crippen molar-refractivity contribution >= 4 is 12.4 Å². The van der Waals surface area contributed by atoms with Crippen LogP contribution in [0.4, 0.5) is 0 Å². The van der Waals surface area contributed by atoms with Gasteiger partial charge in [0.1, 0.15) is 0 Å². The number of hydrogen-bond donors (Lipinski definition) is 2. The summed E-state index contributed by atoms with van der Waals surface area (Å²) < 4.78 is 0. The molecule has 3 nitrogen and oxygen atoms in total. The summed E-state index contributed by atoms with van der Waals surface area (Å²) in [6, 6.07) is 0. The fourth-order valence-corrected chi connectivity index (χ4v) is 3.04. The van der Waals surface area contributed by atoms with Crippen LogP contribution in [0.15, 0.2) is 0 Å². The maximum absolute atomic E-state index is 5.78. The molecule has 0 amide bonds. The molecule has 2 atom stereocenters. The summed E-state index contributed by atoms with van der Waals surface area (Å²) >= 11 is 0. The van der Waals surface area contributed by atoms with E-state index in [-0.39, 0.29) is 12.4 Å². The van der Waals surface area contributed by atoms with E-state index in [0.717, 1.165) is 18.4 Å². The Hall–Kier alpha value is 0.170. The average molecular weight is 248 g/mol. The normalized spacial score (nSPS) is 32.1. The van der Waals surface area contributed by atoms with Gasteiger partial charge in [0.05, 0.1) is 0 Å². The molecule has 0 radical (unpaired) electrons. The van der Waals surface area contributed by atoms with Gasteiger partial charge in [-0.3, -0.25) is 0 Å². The number of nitrogens with one attached hydrogen (secondary N) is 1. The molecule has 0 aromatic rings. The molecule has 0 spiro atoms. The van der Waals surface area contributed by atoms with E-state index in [1.807, 2.05) is 0 Å². The van der Waals surface area contributed by atoms with E-state index in [4.69, 9.17) is 5.73 Å². The molecule has 0 unspecified atom stereocenters. The van der Waals surface area contributed by atoms with Gasteiger partial charge in [0, 0.05) is 32.7 Å². The van der Waals surface area contributed by atoms with Gasteiger partial charge in [0.25, 0.3) is 0 Å². The summed E-state index contributed by atoms with van der Waals surface area (Å²) in [4.78, 5) is 2.63. The van der Waals surface area contributed by atoms with Crippen molar-refractivity contribution in [2.24, 2.45) is 17.6 Å². The molecule has 3 N–H and O–H groups in total. The van der Waals surface area contributed by atoms with Crippen LogP contribution < -0.4 is 11.1 Å². The van der Waals surface area contributed by atoms with Gasteiger partial charge in [-0.2, -0.15) is 0 Å². The summed E-state index contributed by atoms with van der Waals surface area (Å²) in [5, 5.41) is 3.41. The molecular formula is C12H26ClN3. The first kappa shape index (κ1) is 14.2. The van der Waals surface area contributed by atoms with Crippen molar-refractivity contribution in [2.75, 3.05) is 39.3 Å². The van der Waals surface area contributed by atoms with Crippen LogP contribution in [0.1, 0.15) is 25.7 Å². The van der Waals surface area contributed by atoms with Gasteiger partial charge in [-0.1, -0.05) is 6.42 Å². The molecule has 16 heavy (non-hydrogen) atoms. The Morgan fingerprint density at radius 3 is 2.50 bits per heavy atom. The number of nitrogens with zero attached hydrogens (tertiary/aromatic N) is 1. The molecule has 1 saturated heterocycles. The SMILES string of the molecule is Cl.NC[C@@H]1CCC[C@H](CN2CCNCC2)C1. The van der Waals surface area contributed by atoms with Gasteiger partial charge >= 0.3 is 0 Å². The lowest BCUT2D eigenvalue weighted by Gasteiger charge is -2.34. The van der Waals surface area contributed by atoms with Crippen LogP contribution in [-0.2, 0) is 0 Å². The molecule has 96 valence electrons. The van der Waals surface area contributed by atoms with Gasteiger partial charge < -0.3 is 16.0 Å². The summed E-state index contributed by atoms with van der Waals surface area (Å²) in [6.07, 6.45) is 5.58. The standard InChI is InChI=1S/C12H25N3.ClH/c13-9-11-2-1-3-12(8-11)10-15-6-4-14-5-7-15;/h11-12,14H,1-10,13H2;1H/t11-,12+;/m1./s1. The van der Waals surface area contributed by atoms with Crippen LogP contribution in [-0.4, -0.2) is 44.2 Å². The Morgan fingerprint density at radius 1 is 1.12 bits per heavy atom. The quantitative estimate of drug-likeness (QED) is 0.784. The molecule has 0 bridgehead atoms. The molecule has 1 aliphatic carbocycles. The van der Waals surface area contributed by atoms with Crippen molar-refractivity contribution in [2.45, 2.75) is 25.7 Å². The summed E-state index contributed by atoms with van der Waals surface area (Å²) in [5.41, 5.74) is 5.78. The molecule has 1 heterocycles. The largest absolute Gasteiger partial charge is 0.330 e. The molecule has 4 heteroatoms. The first-order valence-corrected chi connectivity index (χ1v) is 6.51. The summed E-state index contributed by atoms with van der Waals surface area (Å²) in [5.74, 6) is 1.73. The second kappa shape index (κ2) is 7.49. The zero-order chi connectivity index (χ0) is 10.5. The van der Waals surface area contributed by atoms with Crippen molar-refractivity contribution < 1.29 is 0 Å². The van der Waals surface area contributed by atoms with E-state index in [0.29, 0.717) is 0 Å². The highest BCUT2D eigenvalue weighted by atomic mass is 35.5. The third kappa shape index (κ3) is 4.21. The molecule has 2 fully saturated rings. The molecular weight excluding hydrogens is 222 g/mol. The Kier molecular flexibility index (Phi) is 6.66. The highest BCUT2D eigenvalue weighted by Crippen LogP contribution is 2.28. The van der Waals surface area contributed by atoms with E-state index < -0.39 is 0 Å². The molecule has 0 aromatic carbocycles. The van der Waals surface area contributed by atoms with Gasteiger partial charge in [0.2, 0.25) is 0 Å². The zero-order valence-corrected chi connectivity index (χ0v) is 11.0. The van der Waals surface area contributed by atoms with Gasteiger partial charge in [0.15, 0.2) is 0 Å². The third-order valence-corrected chi connectivity index (χ3v) is 3.95. The first-order chi connectivity index (χ1) is 7.38. The van der Waals surface area contributed by atoms with Gasteiger partial charge in [-0.25, -0.2) is 0 Å². The number of rotatable bonds is 3. The minimum absolute atomic E-state index is 0. The average Bonchev–Trinajstić information content (AvgIpc) is 2.31. The molecule has 1 aliphatic heterocycles. The van der Waals surface area contributed by atoms with Crippen molar-refractivity contribution in [1.82, 2.24) is 10.2 Å². The maximum atomic E-state index is 5.78. The van der Waals surface area contributed by atoms with E-state index in [1.165, 1.54) is 58.4 Å². The first-order valence-electron chi connectivity index (χ1n) is 6.51. The fraction of sp³-hybridized carbons (Fsp3) is 1.00. The Morgan fingerprint density at radius 2 is 1.81 bits per heavy atom. The predicted octanol–water partition coefficient (Wildman–Crippen LogP) is 1.08. The lowest BCUT2D eigenvalue weighted by molar-refractivity contribution is 0.162. The Bertz CT molecular complexity index is 183. The fourth-order valence-electron chi connectivity index (χ4n) is 3.04. The molecule has 1 saturated carbocycles. The highest BCUT2D eigenvalue weighted by Gasteiger charge is 2.23. The summed E-state index contributed by atoms with van der Waals surface area (Å²) in [7, 11) is 0. The van der Waals surface area contributed by atoms with Crippen LogP contribution >= 0.6 is 12.4 Å². The highest BCUT2D eigenvalue weighted by molar-refractivity contribution is 5.85. The van der Waals surface area contributed by atoms with Crippen molar-refractivity contribution in [1.29, 1.82) is 0 Å². The van der Waals surface area contributed by atoms with E-state index in [9.17, 15) is 0 Å². The number of piperazine rings is 1. The lowest BCUT2D eigenvalue weighted by Crippen LogP contribution is -2.45. The molecule has 0 aromatic heterocycles. The number of halogens is 1. The zero-order valence-electron chi connectivity index (χ0n) is 10.2. The Balaban J connectivity index is 0.00000128. The second-order valence-electron chi connectivity index (χ2n) is 5.18. The van der Waals surface area contributed by atoms with E-state index in [1.54, 1.807) is 0 Å². The molecule has 2 aliphatic rings. The lowest BCUT2D eigenvalue weighted by atomic mass is 9.81. The predicted molar refractivity (Wildman–Crippen MR) is 71.1 cm³/mol. The third-order valence-electron chi connectivity index (χ3n) is 3.95. The maximum Gasteiger partial charge on any atom is 0.0107 e. The molecule has 2 rings (SSSR count). The summed E-state index contributed by atoms with van der Waals surface area (Å²) in [6.45, 7) is 7.05. The topological polar surface area (TPSA) is 41.3 Å².